The van der Waals surface area contributed by atoms with Crippen LogP contribution in [0.4, 0.5) is 0 Å². The van der Waals surface area contributed by atoms with Gasteiger partial charge in [0.2, 0.25) is 0 Å². The van der Waals surface area contributed by atoms with Crippen molar-refractivity contribution in [1.29, 1.82) is 5.26 Å². The average Bonchev–Trinajstić information content (AvgIpc) is 2.38. The predicted molar refractivity (Wildman–Crippen MR) is 29.0 cm³/mol. The average molecular weight is 108 g/mol. The smallest absolute Gasteiger partial charge is 0.0742 e. The zero-order chi connectivity index (χ0) is 5.61. The van der Waals surface area contributed by atoms with E-state index in [9.17, 15) is 0 Å². The molecule has 1 saturated heterocycles. The van der Waals surface area contributed by atoms with Crippen molar-refractivity contribution in [2.24, 2.45) is 11.3 Å². The summed E-state index contributed by atoms with van der Waals surface area (Å²) < 4.78 is 0. The molecule has 2 unspecified atom stereocenters. The van der Waals surface area contributed by atoms with Crippen LogP contribution in [0.5, 0.6) is 0 Å². The van der Waals surface area contributed by atoms with Gasteiger partial charge < -0.3 is 5.32 Å². The van der Waals surface area contributed by atoms with Crippen molar-refractivity contribution in [3.05, 3.63) is 0 Å². The molecule has 0 bridgehead atoms. The third-order valence-electron chi connectivity index (χ3n) is 2.29. The number of nitriles is 1. The Bertz CT molecular complexity index is 158. The van der Waals surface area contributed by atoms with Gasteiger partial charge in [-0.3, -0.25) is 0 Å². The molecule has 0 aromatic carbocycles. The minimum atomic E-state index is 0.0972. The van der Waals surface area contributed by atoms with Crippen LogP contribution in [0.15, 0.2) is 0 Å². The standard InChI is InChI=1S/C6H8N2/c7-3-6-1-5(6)2-8-4-6/h5,8H,1-2,4H2. The van der Waals surface area contributed by atoms with E-state index < -0.39 is 0 Å². The van der Waals surface area contributed by atoms with E-state index in [4.69, 9.17) is 5.26 Å². The minimum absolute atomic E-state index is 0.0972. The van der Waals surface area contributed by atoms with Crippen molar-refractivity contribution < 1.29 is 0 Å². The number of nitrogens with zero attached hydrogens (tertiary/aromatic N) is 1. The SMILES string of the molecule is N#CC12CNCC1C2. The van der Waals surface area contributed by atoms with Crippen LogP contribution in [0.2, 0.25) is 0 Å². The van der Waals surface area contributed by atoms with E-state index in [-0.39, 0.29) is 5.41 Å². The van der Waals surface area contributed by atoms with Gasteiger partial charge in [-0.1, -0.05) is 0 Å². The van der Waals surface area contributed by atoms with Crippen molar-refractivity contribution in [1.82, 2.24) is 5.32 Å². The summed E-state index contributed by atoms with van der Waals surface area (Å²) in [7, 11) is 0. The fraction of sp³-hybridized carbons (Fsp3) is 0.833. The first-order valence-corrected chi connectivity index (χ1v) is 2.99. The van der Waals surface area contributed by atoms with Gasteiger partial charge in [-0.15, -0.1) is 0 Å². The molecule has 0 radical (unpaired) electrons. The molecule has 2 fully saturated rings. The molecule has 0 aromatic rings. The largest absolute Gasteiger partial charge is 0.315 e. The molecule has 1 saturated carbocycles. The fourth-order valence-electron chi connectivity index (χ4n) is 1.51. The zero-order valence-electron chi connectivity index (χ0n) is 4.65. The van der Waals surface area contributed by atoms with Gasteiger partial charge in [0.25, 0.3) is 0 Å². The van der Waals surface area contributed by atoms with Crippen molar-refractivity contribution in [2.45, 2.75) is 6.42 Å². The van der Waals surface area contributed by atoms with E-state index in [0.29, 0.717) is 5.92 Å². The van der Waals surface area contributed by atoms with Crippen LogP contribution in [-0.2, 0) is 0 Å². The number of piperidine rings is 1. The molecule has 2 rings (SSSR count). The highest BCUT2D eigenvalue weighted by atomic mass is 15.0. The minimum Gasteiger partial charge on any atom is -0.315 e. The van der Waals surface area contributed by atoms with Crippen molar-refractivity contribution in [3.8, 4) is 6.07 Å². The first kappa shape index (κ1) is 4.34. The number of fused-ring (bicyclic) bond motifs is 1. The number of hydrogen-bond donors (Lipinski definition) is 1. The second-order valence-electron chi connectivity index (χ2n) is 2.80. The Kier molecular flexibility index (Phi) is 0.575. The maximum absolute atomic E-state index is 8.58. The summed E-state index contributed by atoms with van der Waals surface area (Å²) in [6, 6.07) is 2.35. The summed E-state index contributed by atoms with van der Waals surface area (Å²) in [5, 5.41) is 11.8. The highest BCUT2D eigenvalue weighted by Crippen LogP contribution is 2.54. The Labute approximate surface area is 48.5 Å². The lowest BCUT2D eigenvalue weighted by molar-refractivity contribution is 0.658. The van der Waals surface area contributed by atoms with Crippen LogP contribution < -0.4 is 5.32 Å². The number of rotatable bonds is 0. The Hall–Kier alpha value is -0.550. The van der Waals surface area contributed by atoms with Gasteiger partial charge in [-0.2, -0.15) is 5.26 Å². The summed E-state index contributed by atoms with van der Waals surface area (Å²) in [6.07, 6.45) is 1.15. The molecule has 1 N–H and O–H groups in total. The zero-order valence-corrected chi connectivity index (χ0v) is 4.65. The van der Waals surface area contributed by atoms with Gasteiger partial charge in [-0.05, 0) is 18.9 Å². The van der Waals surface area contributed by atoms with Gasteiger partial charge in [0.1, 0.15) is 0 Å². The molecule has 2 aliphatic rings. The van der Waals surface area contributed by atoms with E-state index in [0.717, 1.165) is 19.5 Å². The van der Waals surface area contributed by atoms with Crippen LogP contribution in [0.3, 0.4) is 0 Å². The molecule has 1 aliphatic carbocycles. The molecule has 0 aromatic heterocycles. The fourth-order valence-corrected chi connectivity index (χ4v) is 1.51. The normalized spacial score (nSPS) is 50.1. The van der Waals surface area contributed by atoms with Crippen molar-refractivity contribution in [3.63, 3.8) is 0 Å². The van der Waals surface area contributed by atoms with Crippen LogP contribution in [-0.4, -0.2) is 13.1 Å². The van der Waals surface area contributed by atoms with Gasteiger partial charge in [0, 0.05) is 6.54 Å². The lowest BCUT2D eigenvalue weighted by Crippen LogP contribution is -2.14. The van der Waals surface area contributed by atoms with Crippen LogP contribution in [0.1, 0.15) is 6.42 Å². The third kappa shape index (κ3) is 0.317. The Morgan fingerprint density at radius 3 is 2.88 bits per heavy atom. The quantitative estimate of drug-likeness (QED) is 0.478. The predicted octanol–water partition coefficient (Wildman–Crippen LogP) is 0.119. The highest BCUT2D eigenvalue weighted by molar-refractivity contribution is 5.20. The van der Waals surface area contributed by atoms with Crippen LogP contribution >= 0.6 is 0 Å². The molecule has 1 aliphatic heterocycles. The summed E-state index contributed by atoms with van der Waals surface area (Å²) in [5.41, 5.74) is 0.0972. The molecule has 1 heterocycles. The molecule has 2 atom stereocenters. The Morgan fingerprint density at radius 1 is 1.75 bits per heavy atom. The topological polar surface area (TPSA) is 35.8 Å². The molecule has 8 heavy (non-hydrogen) atoms. The highest BCUT2D eigenvalue weighted by Gasteiger charge is 2.57. The van der Waals surface area contributed by atoms with Gasteiger partial charge in [-0.25, -0.2) is 0 Å². The van der Waals surface area contributed by atoms with Gasteiger partial charge in [0.15, 0.2) is 0 Å². The van der Waals surface area contributed by atoms with Gasteiger partial charge >= 0.3 is 0 Å². The van der Waals surface area contributed by atoms with E-state index in [1.54, 1.807) is 0 Å². The Morgan fingerprint density at radius 2 is 2.62 bits per heavy atom. The van der Waals surface area contributed by atoms with E-state index in [1.807, 2.05) is 0 Å². The lowest BCUT2D eigenvalue weighted by Gasteiger charge is -1.94. The van der Waals surface area contributed by atoms with E-state index in [1.165, 1.54) is 0 Å². The molecular weight excluding hydrogens is 100 g/mol. The summed E-state index contributed by atoms with van der Waals surface area (Å²) >= 11 is 0. The Balaban J connectivity index is 2.22. The summed E-state index contributed by atoms with van der Waals surface area (Å²) in [5.74, 6) is 0.701. The maximum Gasteiger partial charge on any atom is 0.0742 e. The monoisotopic (exact) mass is 108 g/mol. The molecule has 0 amide bonds. The molecular formula is C6H8N2. The third-order valence-corrected chi connectivity index (χ3v) is 2.29. The lowest BCUT2D eigenvalue weighted by atomic mass is 10.1. The van der Waals surface area contributed by atoms with Crippen molar-refractivity contribution in [2.75, 3.05) is 13.1 Å². The van der Waals surface area contributed by atoms with E-state index >= 15 is 0 Å². The molecule has 2 nitrogen and oxygen atoms in total. The second-order valence-corrected chi connectivity index (χ2v) is 2.80. The maximum atomic E-state index is 8.58. The van der Waals surface area contributed by atoms with Gasteiger partial charge in [0.05, 0.1) is 11.5 Å². The number of hydrogen-bond acceptors (Lipinski definition) is 2. The van der Waals surface area contributed by atoms with Crippen LogP contribution in [0.25, 0.3) is 0 Å². The van der Waals surface area contributed by atoms with E-state index in [2.05, 4.69) is 11.4 Å². The molecule has 0 spiro atoms. The summed E-state index contributed by atoms with van der Waals surface area (Å²) in [4.78, 5) is 0. The summed E-state index contributed by atoms with van der Waals surface area (Å²) in [6.45, 7) is 2.02. The molecule has 42 valence electrons. The van der Waals surface area contributed by atoms with Crippen molar-refractivity contribution >= 4 is 0 Å². The number of nitrogens with one attached hydrogen (secondary N) is 1. The second kappa shape index (κ2) is 1.06. The first-order valence-electron chi connectivity index (χ1n) is 2.99. The first-order chi connectivity index (χ1) is 3.87. The molecule has 2 heteroatoms. The van der Waals surface area contributed by atoms with Crippen LogP contribution in [0, 0.1) is 22.7 Å².